The lowest BCUT2D eigenvalue weighted by molar-refractivity contribution is 0.302. The van der Waals surface area contributed by atoms with Gasteiger partial charge >= 0.3 is 0 Å². The summed E-state index contributed by atoms with van der Waals surface area (Å²) in [5.74, 6) is 2.50. The predicted molar refractivity (Wildman–Crippen MR) is 64.5 cm³/mol. The minimum absolute atomic E-state index is 0.640. The predicted octanol–water partition coefficient (Wildman–Crippen LogP) is 2.70. The third-order valence-electron chi connectivity index (χ3n) is 2.30. The van der Waals surface area contributed by atoms with Crippen molar-refractivity contribution in [3.63, 3.8) is 0 Å². The van der Waals surface area contributed by atoms with Crippen LogP contribution in [0.3, 0.4) is 0 Å². The number of hydrogen-bond acceptors (Lipinski definition) is 3. The SMILES string of the molecule is CC(C)CN1CCOc2cc(Br)cnc21. The van der Waals surface area contributed by atoms with Gasteiger partial charge in [0.25, 0.3) is 0 Å². The molecule has 0 aromatic carbocycles. The number of rotatable bonds is 2. The first kappa shape index (κ1) is 10.7. The number of halogens is 1. The van der Waals surface area contributed by atoms with E-state index in [9.17, 15) is 0 Å². The molecule has 1 aromatic heterocycles. The summed E-state index contributed by atoms with van der Waals surface area (Å²) in [4.78, 5) is 6.69. The average molecular weight is 271 g/mol. The normalized spacial score (nSPS) is 15.1. The molecule has 2 rings (SSSR count). The van der Waals surface area contributed by atoms with Crippen molar-refractivity contribution in [2.45, 2.75) is 13.8 Å². The van der Waals surface area contributed by atoms with Crippen LogP contribution in [0.4, 0.5) is 5.82 Å². The van der Waals surface area contributed by atoms with Gasteiger partial charge in [0, 0.05) is 17.2 Å². The second-order valence-electron chi connectivity index (χ2n) is 4.16. The van der Waals surface area contributed by atoms with Crippen molar-refractivity contribution in [2.75, 3.05) is 24.6 Å². The first-order chi connectivity index (χ1) is 7.16. The van der Waals surface area contributed by atoms with E-state index in [0.717, 1.165) is 35.7 Å². The van der Waals surface area contributed by atoms with E-state index in [4.69, 9.17) is 4.74 Å². The highest BCUT2D eigenvalue weighted by atomic mass is 79.9. The molecule has 4 heteroatoms. The van der Waals surface area contributed by atoms with Gasteiger partial charge in [0.1, 0.15) is 6.61 Å². The Morgan fingerprint density at radius 1 is 1.60 bits per heavy atom. The van der Waals surface area contributed by atoms with Crippen LogP contribution in [0.2, 0.25) is 0 Å². The smallest absolute Gasteiger partial charge is 0.171 e. The molecule has 0 spiro atoms. The van der Waals surface area contributed by atoms with Crippen LogP contribution in [-0.4, -0.2) is 24.7 Å². The molecule has 1 aliphatic rings. The van der Waals surface area contributed by atoms with Crippen molar-refractivity contribution in [3.8, 4) is 5.75 Å². The van der Waals surface area contributed by atoms with Crippen LogP contribution < -0.4 is 9.64 Å². The molecule has 2 heterocycles. The van der Waals surface area contributed by atoms with Gasteiger partial charge in [-0.2, -0.15) is 0 Å². The molecule has 0 saturated heterocycles. The zero-order valence-electron chi connectivity index (χ0n) is 9.03. The quantitative estimate of drug-likeness (QED) is 0.827. The van der Waals surface area contributed by atoms with Gasteiger partial charge in [-0.3, -0.25) is 0 Å². The Morgan fingerprint density at radius 3 is 3.13 bits per heavy atom. The Kier molecular flexibility index (Phi) is 3.14. The van der Waals surface area contributed by atoms with Crippen molar-refractivity contribution >= 4 is 21.7 Å². The van der Waals surface area contributed by atoms with Gasteiger partial charge in [0.2, 0.25) is 0 Å². The zero-order chi connectivity index (χ0) is 10.8. The minimum atomic E-state index is 0.640. The number of pyridine rings is 1. The summed E-state index contributed by atoms with van der Waals surface area (Å²) in [6, 6.07) is 1.98. The standard InChI is InChI=1S/C11H15BrN2O/c1-8(2)7-14-3-4-15-10-5-9(12)6-13-11(10)14/h5-6,8H,3-4,7H2,1-2H3. The largest absolute Gasteiger partial charge is 0.488 e. The molecule has 0 N–H and O–H groups in total. The van der Waals surface area contributed by atoms with Crippen LogP contribution >= 0.6 is 15.9 Å². The molecule has 0 atom stereocenters. The molecule has 0 bridgehead atoms. The summed E-state index contributed by atoms with van der Waals surface area (Å²) >= 11 is 3.40. The first-order valence-corrected chi connectivity index (χ1v) is 5.99. The lowest BCUT2D eigenvalue weighted by atomic mass is 10.2. The van der Waals surface area contributed by atoms with Crippen LogP contribution in [0.25, 0.3) is 0 Å². The van der Waals surface area contributed by atoms with E-state index >= 15 is 0 Å². The average Bonchev–Trinajstić information content (AvgIpc) is 2.16. The number of anilines is 1. The van der Waals surface area contributed by atoms with Gasteiger partial charge in [-0.1, -0.05) is 13.8 Å². The highest BCUT2D eigenvalue weighted by Gasteiger charge is 2.20. The lowest BCUT2D eigenvalue weighted by Gasteiger charge is -2.31. The maximum Gasteiger partial charge on any atom is 0.171 e. The number of aromatic nitrogens is 1. The number of ether oxygens (including phenoxy) is 1. The maximum absolute atomic E-state index is 5.58. The molecule has 0 saturated carbocycles. The van der Waals surface area contributed by atoms with Crippen LogP contribution in [0.1, 0.15) is 13.8 Å². The monoisotopic (exact) mass is 270 g/mol. The first-order valence-electron chi connectivity index (χ1n) is 5.20. The van der Waals surface area contributed by atoms with Crippen molar-refractivity contribution in [1.82, 2.24) is 4.98 Å². The highest BCUT2D eigenvalue weighted by molar-refractivity contribution is 9.10. The van der Waals surface area contributed by atoms with Crippen LogP contribution in [-0.2, 0) is 0 Å². The summed E-state index contributed by atoms with van der Waals surface area (Å²) in [5.41, 5.74) is 0. The Hall–Kier alpha value is -0.770. The van der Waals surface area contributed by atoms with Gasteiger partial charge in [0.05, 0.1) is 6.54 Å². The van der Waals surface area contributed by atoms with E-state index in [-0.39, 0.29) is 0 Å². The van der Waals surface area contributed by atoms with E-state index in [0.29, 0.717) is 5.92 Å². The topological polar surface area (TPSA) is 25.4 Å². The fourth-order valence-corrected chi connectivity index (χ4v) is 2.06. The Balaban J connectivity index is 2.26. The third kappa shape index (κ3) is 2.43. The molecule has 82 valence electrons. The molecule has 1 aliphatic heterocycles. The van der Waals surface area contributed by atoms with Gasteiger partial charge in [-0.15, -0.1) is 0 Å². The van der Waals surface area contributed by atoms with E-state index in [1.165, 1.54) is 0 Å². The Morgan fingerprint density at radius 2 is 2.40 bits per heavy atom. The second kappa shape index (κ2) is 4.39. The van der Waals surface area contributed by atoms with Crippen molar-refractivity contribution < 1.29 is 4.74 Å². The fraction of sp³-hybridized carbons (Fsp3) is 0.545. The summed E-state index contributed by atoms with van der Waals surface area (Å²) < 4.78 is 6.55. The fourth-order valence-electron chi connectivity index (χ4n) is 1.75. The van der Waals surface area contributed by atoms with Gasteiger partial charge in [-0.05, 0) is 27.9 Å². The lowest BCUT2D eigenvalue weighted by Crippen LogP contribution is -2.36. The molecular formula is C11H15BrN2O. The molecule has 0 amide bonds. The third-order valence-corrected chi connectivity index (χ3v) is 2.74. The van der Waals surface area contributed by atoms with E-state index in [1.807, 2.05) is 12.3 Å². The summed E-state index contributed by atoms with van der Waals surface area (Å²) in [7, 11) is 0. The Labute approximate surface area is 98.6 Å². The molecule has 15 heavy (non-hydrogen) atoms. The van der Waals surface area contributed by atoms with E-state index in [1.54, 1.807) is 0 Å². The van der Waals surface area contributed by atoms with Crippen molar-refractivity contribution in [1.29, 1.82) is 0 Å². The molecule has 0 unspecified atom stereocenters. The van der Waals surface area contributed by atoms with Crippen LogP contribution in [0, 0.1) is 5.92 Å². The number of fused-ring (bicyclic) bond motifs is 1. The van der Waals surface area contributed by atoms with Crippen molar-refractivity contribution in [2.24, 2.45) is 5.92 Å². The van der Waals surface area contributed by atoms with Gasteiger partial charge < -0.3 is 9.64 Å². The Bertz CT molecular complexity index is 354. The molecule has 0 radical (unpaired) electrons. The molecule has 1 aromatic rings. The highest BCUT2D eigenvalue weighted by Crippen LogP contribution is 2.31. The summed E-state index contributed by atoms with van der Waals surface area (Å²) in [5, 5.41) is 0. The maximum atomic E-state index is 5.58. The summed E-state index contributed by atoms with van der Waals surface area (Å²) in [6.07, 6.45) is 1.82. The minimum Gasteiger partial charge on any atom is -0.488 e. The second-order valence-corrected chi connectivity index (χ2v) is 5.08. The number of nitrogens with zero attached hydrogens (tertiary/aromatic N) is 2. The molecular weight excluding hydrogens is 256 g/mol. The van der Waals surface area contributed by atoms with E-state index in [2.05, 4.69) is 39.7 Å². The van der Waals surface area contributed by atoms with Crippen LogP contribution in [0.15, 0.2) is 16.7 Å². The van der Waals surface area contributed by atoms with E-state index < -0.39 is 0 Å². The van der Waals surface area contributed by atoms with Crippen LogP contribution in [0.5, 0.6) is 5.75 Å². The number of hydrogen-bond donors (Lipinski definition) is 0. The summed E-state index contributed by atoms with van der Waals surface area (Å²) in [6.45, 7) is 7.14. The zero-order valence-corrected chi connectivity index (χ0v) is 10.6. The van der Waals surface area contributed by atoms with Gasteiger partial charge in [0.15, 0.2) is 11.6 Å². The molecule has 0 fully saturated rings. The molecule has 3 nitrogen and oxygen atoms in total. The van der Waals surface area contributed by atoms with Gasteiger partial charge in [-0.25, -0.2) is 4.98 Å². The van der Waals surface area contributed by atoms with Crippen molar-refractivity contribution in [3.05, 3.63) is 16.7 Å². The molecule has 0 aliphatic carbocycles.